The number of rotatable bonds is 10. The molecule has 0 bridgehead atoms. The second-order valence-electron chi connectivity index (χ2n) is 6.36. The largest absolute Gasteiger partial charge is 0.356 e. The number of hydrogen-bond donors (Lipinski definition) is 1. The third-order valence-corrected chi connectivity index (χ3v) is 3.63. The molecule has 0 aromatic heterocycles. The van der Waals surface area contributed by atoms with Crippen LogP contribution in [0.15, 0.2) is 24.3 Å². The molecule has 1 rings (SSSR count). The van der Waals surface area contributed by atoms with Crippen molar-refractivity contribution in [3.8, 4) is 0 Å². The van der Waals surface area contributed by atoms with E-state index in [2.05, 4.69) is 50.4 Å². The Kier molecular flexibility index (Phi) is 8.80. The number of amides is 1. The molecule has 118 valence electrons. The molecule has 1 N–H and O–H groups in total. The molecule has 0 aliphatic rings. The fourth-order valence-electron chi connectivity index (χ4n) is 2.47. The van der Waals surface area contributed by atoms with Crippen LogP contribution in [0.25, 0.3) is 0 Å². The summed E-state index contributed by atoms with van der Waals surface area (Å²) in [6.07, 6.45) is 7.76. The van der Waals surface area contributed by atoms with Gasteiger partial charge in [-0.25, -0.2) is 0 Å². The lowest BCUT2D eigenvalue weighted by Gasteiger charge is -2.07. The quantitative estimate of drug-likeness (QED) is 0.631. The highest BCUT2D eigenvalue weighted by molar-refractivity contribution is 5.78. The molecule has 2 heteroatoms. The van der Waals surface area contributed by atoms with Gasteiger partial charge in [-0.3, -0.25) is 4.79 Å². The van der Waals surface area contributed by atoms with E-state index in [0.717, 1.165) is 24.9 Å². The van der Waals surface area contributed by atoms with Crippen LogP contribution in [0, 0.1) is 5.92 Å². The fraction of sp³-hybridized carbons (Fsp3) is 0.632. The van der Waals surface area contributed by atoms with Gasteiger partial charge >= 0.3 is 0 Å². The van der Waals surface area contributed by atoms with E-state index < -0.39 is 0 Å². The molecule has 0 atom stereocenters. The average Bonchev–Trinajstić information content (AvgIpc) is 2.44. The molecule has 1 amide bonds. The smallest absolute Gasteiger partial charge is 0.224 e. The number of carbonyl (C=O) groups is 1. The van der Waals surface area contributed by atoms with E-state index in [1.807, 2.05) is 0 Å². The van der Waals surface area contributed by atoms with Gasteiger partial charge in [-0.1, -0.05) is 70.7 Å². The summed E-state index contributed by atoms with van der Waals surface area (Å²) in [4.78, 5) is 11.9. The summed E-state index contributed by atoms with van der Waals surface area (Å²) in [5.74, 6) is 0.814. The van der Waals surface area contributed by atoms with Crippen LogP contribution in [0.1, 0.15) is 64.0 Å². The van der Waals surface area contributed by atoms with E-state index in [1.54, 1.807) is 0 Å². The van der Waals surface area contributed by atoms with Crippen molar-refractivity contribution in [3.05, 3.63) is 35.4 Å². The third kappa shape index (κ3) is 8.54. The van der Waals surface area contributed by atoms with Crippen LogP contribution in [-0.2, 0) is 17.6 Å². The Hall–Kier alpha value is -1.31. The second-order valence-corrected chi connectivity index (χ2v) is 6.36. The van der Waals surface area contributed by atoms with Gasteiger partial charge in [-0.2, -0.15) is 0 Å². The van der Waals surface area contributed by atoms with E-state index in [-0.39, 0.29) is 5.91 Å². The van der Waals surface area contributed by atoms with Gasteiger partial charge in [0.25, 0.3) is 0 Å². The van der Waals surface area contributed by atoms with E-state index in [0.29, 0.717) is 12.3 Å². The van der Waals surface area contributed by atoms with Gasteiger partial charge in [-0.05, 0) is 29.9 Å². The molecule has 0 heterocycles. The summed E-state index contributed by atoms with van der Waals surface area (Å²) in [5.41, 5.74) is 2.45. The molecule has 0 aliphatic carbocycles. The highest BCUT2D eigenvalue weighted by atomic mass is 16.1. The molecule has 1 aromatic carbocycles. The minimum Gasteiger partial charge on any atom is -0.356 e. The van der Waals surface area contributed by atoms with Crippen LogP contribution in [-0.4, -0.2) is 12.5 Å². The van der Waals surface area contributed by atoms with E-state index >= 15 is 0 Å². The molecule has 1 aromatic rings. The number of benzene rings is 1. The van der Waals surface area contributed by atoms with Gasteiger partial charge in [0.1, 0.15) is 0 Å². The molecule has 0 saturated carbocycles. The average molecular weight is 289 g/mol. The van der Waals surface area contributed by atoms with Crippen molar-refractivity contribution in [1.82, 2.24) is 5.32 Å². The Morgan fingerprint density at radius 2 is 1.62 bits per heavy atom. The maximum atomic E-state index is 11.9. The SMILES string of the molecule is CCCCCCCNC(=O)Cc1ccc(CC(C)C)cc1. The standard InChI is InChI=1S/C19H31NO/c1-4-5-6-7-8-13-20-19(21)15-18-11-9-17(10-12-18)14-16(2)3/h9-12,16H,4-8,13-15H2,1-3H3,(H,20,21). The highest BCUT2D eigenvalue weighted by Gasteiger charge is 2.03. The summed E-state index contributed by atoms with van der Waals surface area (Å²) in [6, 6.07) is 8.46. The normalized spacial score (nSPS) is 10.9. The zero-order chi connectivity index (χ0) is 15.5. The van der Waals surface area contributed by atoms with Crippen molar-refractivity contribution in [3.63, 3.8) is 0 Å². The number of hydrogen-bond acceptors (Lipinski definition) is 1. The number of unbranched alkanes of at least 4 members (excludes halogenated alkanes) is 4. The lowest BCUT2D eigenvalue weighted by molar-refractivity contribution is -0.120. The molecule has 0 radical (unpaired) electrons. The summed E-state index contributed by atoms with van der Waals surface area (Å²) in [7, 11) is 0. The van der Waals surface area contributed by atoms with E-state index in [4.69, 9.17) is 0 Å². The van der Waals surface area contributed by atoms with Crippen molar-refractivity contribution in [1.29, 1.82) is 0 Å². The predicted octanol–water partition coefficient (Wildman–Crippen LogP) is 4.51. The Balaban J connectivity index is 2.21. The van der Waals surface area contributed by atoms with Gasteiger partial charge in [0, 0.05) is 6.54 Å². The Labute approximate surface area is 130 Å². The summed E-state index contributed by atoms with van der Waals surface area (Å²) < 4.78 is 0. The van der Waals surface area contributed by atoms with Crippen LogP contribution in [0.4, 0.5) is 0 Å². The molecular weight excluding hydrogens is 258 g/mol. The first-order valence-electron chi connectivity index (χ1n) is 8.46. The molecule has 2 nitrogen and oxygen atoms in total. The van der Waals surface area contributed by atoms with Crippen molar-refractivity contribution < 1.29 is 4.79 Å². The first-order chi connectivity index (χ1) is 10.1. The van der Waals surface area contributed by atoms with Crippen molar-refractivity contribution >= 4 is 5.91 Å². The molecule has 0 unspecified atom stereocenters. The predicted molar refractivity (Wildman–Crippen MR) is 90.5 cm³/mol. The maximum Gasteiger partial charge on any atom is 0.224 e. The molecule has 0 aliphatic heterocycles. The zero-order valence-corrected chi connectivity index (χ0v) is 14.0. The monoisotopic (exact) mass is 289 g/mol. The van der Waals surface area contributed by atoms with Crippen molar-refractivity contribution in [2.75, 3.05) is 6.54 Å². The Bertz CT molecular complexity index is 395. The summed E-state index contributed by atoms with van der Waals surface area (Å²) in [6.45, 7) is 7.48. The minimum atomic E-state index is 0.141. The van der Waals surface area contributed by atoms with Gasteiger partial charge in [0.05, 0.1) is 6.42 Å². The zero-order valence-electron chi connectivity index (χ0n) is 14.0. The lowest BCUT2D eigenvalue weighted by atomic mass is 10.0. The fourth-order valence-corrected chi connectivity index (χ4v) is 2.47. The molecular formula is C19H31NO. The Morgan fingerprint density at radius 1 is 1.00 bits per heavy atom. The summed E-state index contributed by atoms with van der Waals surface area (Å²) >= 11 is 0. The minimum absolute atomic E-state index is 0.141. The van der Waals surface area contributed by atoms with Crippen molar-refractivity contribution in [2.45, 2.75) is 65.7 Å². The third-order valence-electron chi connectivity index (χ3n) is 3.63. The number of carbonyl (C=O) groups excluding carboxylic acids is 1. The van der Waals surface area contributed by atoms with E-state index in [1.165, 1.54) is 31.2 Å². The second kappa shape index (κ2) is 10.4. The van der Waals surface area contributed by atoms with Crippen LogP contribution >= 0.6 is 0 Å². The topological polar surface area (TPSA) is 29.1 Å². The molecule has 21 heavy (non-hydrogen) atoms. The Morgan fingerprint density at radius 3 is 2.24 bits per heavy atom. The van der Waals surface area contributed by atoms with Crippen LogP contribution in [0.3, 0.4) is 0 Å². The first-order valence-corrected chi connectivity index (χ1v) is 8.46. The van der Waals surface area contributed by atoms with Gasteiger partial charge in [0.15, 0.2) is 0 Å². The summed E-state index contributed by atoms with van der Waals surface area (Å²) in [5, 5.41) is 3.02. The van der Waals surface area contributed by atoms with Gasteiger partial charge in [-0.15, -0.1) is 0 Å². The molecule has 0 spiro atoms. The van der Waals surface area contributed by atoms with Crippen molar-refractivity contribution in [2.24, 2.45) is 5.92 Å². The lowest BCUT2D eigenvalue weighted by Crippen LogP contribution is -2.26. The molecule has 0 fully saturated rings. The van der Waals surface area contributed by atoms with Gasteiger partial charge < -0.3 is 5.32 Å². The van der Waals surface area contributed by atoms with E-state index in [9.17, 15) is 4.79 Å². The van der Waals surface area contributed by atoms with Crippen LogP contribution in [0.2, 0.25) is 0 Å². The maximum absolute atomic E-state index is 11.9. The highest BCUT2D eigenvalue weighted by Crippen LogP contribution is 2.10. The number of nitrogens with one attached hydrogen (secondary N) is 1. The van der Waals surface area contributed by atoms with Crippen LogP contribution < -0.4 is 5.32 Å². The first kappa shape index (κ1) is 17.7. The van der Waals surface area contributed by atoms with Gasteiger partial charge in [0.2, 0.25) is 5.91 Å². The molecule has 0 saturated heterocycles. The van der Waals surface area contributed by atoms with Crippen LogP contribution in [0.5, 0.6) is 0 Å².